The van der Waals surface area contributed by atoms with Crippen molar-refractivity contribution in [3.63, 3.8) is 0 Å². The summed E-state index contributed by atoms with van der Waals surface area (Å²) in [5.41, 5.74) is 4.18. The van der Waals surface area contributed by atoms with Crippen molar-refractivity contribution in [2.24, 2.45) is 0 Å². The van der Waals surface area contributed by atoms with Gasteiger partial charge >= 0.3 is 0 Å². The van der Waals surface area contributed by atoms with E-state index in [9.17, 15) is 9.59 Å². The number of para-hydroxylation sites is 1. The lowest BCUT2D eigenvalue weighted by Crippen LogP contribution is -2.42. The molecule has 0 radical (unpaired) electrons. The van der Waals surface area contributed by atoms with Gasteiger partial charge in [-0.2, -0.15) is 0 Å². The molecule has 0 aliphatic heterocycles. The van der Waals surface area contributed by atoms with Gasteiger partial charge in [-0.15, -0.1) is 0 Å². The van der Waals surface area contributed by atoms with Gasteiger partial charge in [0, 0.05) is 34.6 Å². The van der Waals surface area contributed by atoms with Gasteiger partial charge in [0.25, 0.3) is 5.91 Å². The summed E-state index contributed by atoms with van der Waals surface area (Å²) in [6.07, 6.45) is 1.61. The molecule has 1 atom stereocenters. The SMILES string of the molecule is O=C(CNC(=O)c1ccccc1)NC1Cc2[nH]c3ccccc3c2C1. The number of hydrogen-bond acceptors (Lipinski definition) is 2. The van der Waals surface area contributed by atoms with E-state index in [1.807, 2.05) is 18.2 Å². The zero-order valence-corrected chi connectivity index (χ0v) is 13.7. The van der Waals surface area contributed by atoms with Crippen molar-refractivity contribution in [1.29, 1.82) is 0 Å². The molecule has 0 saturated heterocycles. The molecule has 3 aromatic rings. The van der Waals surface area contributed by atoms with E-state index in [1.54, 1.807) is 24.3 Å². The average molecular weight is 333 g/mol. The van der Waals surface area contributed by atoms with E-state index in [0.717, 1.165) is 18.4 Å². The van der Waals surface area contributed by atoms with E-state index >= 15 is 0 Å². The second-order valence-corrected chi connectivity index (χ2v) is 6.35. The molecule has 1 aliphatic carbocycles. The molecule has 3 N–H and O–H groups in total. The van der Waals surface area contributed by atoms with Crippen LogP contribution in [-0.4, -0.2) is 29.4 Å². The van der Waals surface area contributed by atoms with Crippen LogP contribution in [0.1, 0.15) is 21.6 Å². The number of amides is 2. The predicted octanol–water partition coefficient (Wildman–Crippen LogP) is 2.18. The zero-order valence-electron chi connectivity index (χ0n) is 13.7. The molecule has 5 nitrogen and oxygen atoms in total. The molecule has 25 heavy (non-hydrogen) atoms. The minimum Gasteiger partial charge on any atom is -0.358 e. The summed E-state index contributed by atoms with van der Waals surface area (Å²) < 4.78 is 0. The Morgan fingerprint density at radius 1 is 1.00 bits per heavy atom. The minimum absolute atomic E-state index is 0.0150. The monoisotopic (exact) mass is 333 g/mol. The first-order valence-corrected chi connectivity index (χ1v) is 8.42. The lowest BCUT2D eigenvalue weighted by atomic mass is 10.1. The van der Waals surface area contributed by atoms with Crippen LogP contribution in [0.15, 0.2) is 54.6 Å². The van der Waals surface area contributed by atoms with Crippen LogP contribution in [0.25, 0.3) is 10.9 Å². The third-order valence-corrected chi connectivity index (χ3v) is 4.61. The number of rotatable bonds is 4. The highest BCUT2D eigenvalue weighted by atomic mass is 16.2. The zero-order chi connectivity index (χ0) is 17.2. The fourth-order valence-corrected chi connectivity index (χ4v) is 3.46. The number of H-pyrrole nitrogens is 1. The van der Waals surface area contributed by atoms with E-state index in [1.165, 1.54) is 16.6 Å². The lowest BCUT2D eigenvalue weighted by Gasteiger charge is -2.13. The number of nitrogens with one attached hydrogen (secondary N) is 3. The van der Waals surface area contributed by atoms with Gasteiger partial charge in [-0.1, -0.05) is 36.4 Å². The third kappa shape index (κ3) is 3.13. The Morgan fingerprint density at radius 3 is 2.60 bits per heavy atom. The first-order valence-electron chi connectivity index (χ1n) is 8.42. The molecule has 0 fully saturated rings. The second-order valence-electron chi connectivity index (χ2n) is 6.35. The number of carbonyl (C=O) groups is 2. The molecular weight excluding hydrogens is 314 g/mol. The van der Waals surface area contributed by atoms with Crippen LogP contribution in [0.4, 0.5) is 0 Å². The molecule has 0 saturated carbocycles. The Labute approximate surface area is 145 Å². The lowest BCUT2D eigenvalue weighted by molar-refractivity contribution is -0.120. The first-order chi connectivity index (χ1) is 12.2. The first kappa shape index (κ1) is 15.4. The van der Waals surface area contributed by atoms with Crippen molar-refractivity contribution in [2.45, 2.75) is 18.9 Å². The van der Waals surface area contributed by atoms with Crippen LogP contribution in [0.3, 0.4) is 0 Å². The average Bonchev–Trinajstić information content (AvgIpc) is 3.17. The highest BCUT2D eigenvalue weighted by Crippen LogP contribution is 2.29. The fraction of sp³-hybridized carbons (Fsp3) is 0.200. The Morgan fingerprint density at radius 2 is 1.76 bits per heavy atom. The van der Waals surface area contributed by atoms with Gasteiger partial charge in [-0.3, -0.25) is 9.59 Å². The minimum atomic E-state index is -0.238. The summed E-state index contributed by atoms with van der Waals surface area (Å²) in [7, 11) is 0. The van der Waals surface area contributed by atoms with Gasteiger partial charge < -0.3 is 15.6 Å². The molecule has 1 aromatic heterocycles. The van der Waals surface area contributed by atoms with Crippen molar-refractivity contribution in [2.75, 3.05) is 6.54 Å². The molecular formula is C20H19N3O2. The quantitative estimate of drug-likeness (QED) is 0.685. The van der Waals surface area contributed by atoms with Gasteiger partial charge in [-0.25, -0.2) is 0 Å². The number of carbonyl (C=O) groups excluding carboxylic acids is 2. The molecule has 5 heteroatoms. The van der Waals surface area contributed by atoms with Gasteiger partial charge in [-0.05, 0) is 30.2 Å². The fourth-order valence-electron chi connectivity index (χ4n) is 3.46. The van der Waals surface area contributed by atoms with Crippen LogP contribution in [0, 0.1) is 0 Å². The van der Waals surface area contributed by atoms with Crippen molar-refractivity contribution in [3.8, 4) is 0 Å². The van der Waals surface area contributed by atoms with Gasteiger partial charge in [0.1, 0.15) is 0 Å². The number of aromatic nitrogens is 1. The topological polar surface area (TPSA) is 74.0 Å². The Hall–Kier alpha value is -3.08. The van der Waals surface area contributed by atoms with Gasteiger partial charge in [0.05, 0.1) is 6.54 Å². The maximum Gasteiger partial charge on any atom is 0.251 e. The van der Waals surface area contributed by atoms with Crippen molar-refractivity contribution in [1.82, 2.24) is 15.6 Å². The van der Waals surface area contributed by atoms with Crippen LogP contribution in [0.5, 0.6) is 0 Å². The molecule has 1 heterocycles. The molecule has 1 unspecified atom stereocenters. The highest BCUT2D eigenvalue weighted by Gasteiger charge is 2.26. The number of hydrogen-bond donors (Lipinski definition) is 3. The smallest absolute Gasteiger partial charge is 0.251 e. The molecule has 1 aliphatic rings. The van der Waals surface area contributed by atoms with E-state index < -0.39 is 0 Å². The number of aromatic amines is 1. The molecule has 2 amide bonds. The standard InChI is InChI=1S/C20H19N3O2/c24-19(12-21-20(25)13-6-2-1-3-7-13)22-14-10-16-15-8-4-5-9-17(15)23-18(16)11-14/h1-9,14,23H,10-12H2,(H,21,25)(H,22,24). The van der Waals surface area contributed by atoms with E-state index in [0.29, 0.717) is 5.56 Å². The van der Waals surface area contributed by atoms with Crippen LogP contribution < -0.4 is 10.6 Å². The summed E-state index contributed by atoms with van der Waals surface area (Å²) >= 11 is 0. The van der Waals surface area contributed by atoms with E-state index in [-0.39, 0.29) is 24.4 Å². The van der Waals surface area contributed by atoms with E-state index in [4.69, 9.17) is 0 Å². The summed E-state index contributed by atoms with van der Waals surface area (Å²) in [6.45, 7) is -0.0150. The summed E-state index contributed by atoms with van der Waals surface area (Å²) in [5, 5.41) is 6.90. The normalized spacial score (nSPS) is 15.8. The van der Waals surface area contributed by atoms with Gasteiger partial charge in [0.15, 0.2) is 0 Å². The molecule has 4 rings (SSSR count). The van der Waals surface area contributed by atoms with Crippen LogP contribution >= 0.6 is 0 Å². The van der Waals surface area contributed by atoms with Crippen molar-refractivity contribution in [3.05, 3.63) is 71.4 Å². The van der Waals surface area contributed by atoms with Gasteiger partial charge in [0.2, 0.25) is 5.91 Å². The van der Waals surface area contributed by atoms with Crippen LogP contribution in [-0.2, 0) is 17.6 Å². The number of fused-ring (bicyclic) bond motifs is 3. The summed E-state index contributed by atoms with van der Waals surface area (Å²) in [4.78, 5) is 27.5. The largest absolute Gasteiger partial charge is 0.358 e. The predicted molar refractivity (Wildman–Crippen MR) is 96.4 cm³/mol. The van der Waals surface area contributed by atoms with Crippen molar-refractivity contribution >= 4 is 22.7 Å². The Kier molecular flexibility index (Phi) is 3.98. The van der Waals surface area contributed by atoms with Crippen molar-refractivity contribution < 1.29 is 9.59 Å². The molecule has 0 spiro atoms. The second kappa shape index (κ2) is 6.43. The van der Waals surface area contributed by atoms with E-state index in [2.05, 4.69) is 27.8 Å². The molecule has 2 aromatic carbocycles. The Balaban J connectivity index is 1.32. The maximum atomic E-state index is 12.1. The molecule has 0 bridgehead atoms. The Bertz CT molecular complexity index is 931. The summed E-state index contributed by atoms with van der Waals surface area (Å²) in [5.74, 6) is -0.401. The number of benzene rings is 2. The highest BCUT2D eigenvalue weighted by molar-refractivity contribution is 5.96. The van der Waals surface area contributed by atoms with Crippen LogP contribution in [0.2, 0.25) is 0 Å². The third-order valence-electron chi connectivity index (χ3n) is 4.61. The maximum absolute atomic E-state index is 12.1. The molecule has 126 valence electrons. The summed E-state index contributed by atoms with van der Waals surface area (Å²) in [6, 6.07) is 17.2.